The zero-order valence-corrected chi connectivity index (χ0v) is 11.1. The zero-order chi connectivity index (χ0) is 12.4. The highest BCUT2D eigenvalue weighted by Gasteiger charge is 2.11. The predicted octanol–water partition coefficient (Wildman–Crippen LogP) is 4.45. The standard InChI is InChI=1S/C16H21N/c1-12(2)13(3)14-7-5-8-15(11-14)16-9-6-10-17(16)4/h5-13H,1-4H3/t13-/m1/s1. The third-order valence-electron chi connectivity index (χ3n) is 3.65. The highest BCUT2D eigenvalue weighted by Crippen LogP contribution is 2.28. The van der Waals surface area contributed by atoms with E-state index >= 15 is 0 Å². The van der Waals surface area contributed by atoms with Gasteiger partial charge in [0, 0.05) is 18.9 Å². The normalized spacial score (nSPS) is 13.0. The van der Waals surface area contributed by atoms with Crippen molar-refractivity contribution in [3.05, 3.63) is 48.2 Å². The molecule has 2 rings (SSSR count). The second kappa shape index (κ2) is 4.79. The van der Waals surface area contributed by atoms with Crippen LogP contribution in [0.25, 0.3) is 11.3 Å². The van der Waals surface area contributed by atoms with E-state index in [1.807, 2.05) is 0 Å². The van der Waals surface area contributed by atoms with E-state index < -0.39 is 0 Å². The number of hydrogen-bond donors (Lipinski definition) is 0. The van der Waals surface area contributed by atoms with Gasteiger partial charge in [-0.05, 0) is 41.2 Å². The van der Waals surface area contributed by atoms with Crippen molar-refractivity contribution in [1.29, 1.82) is 0 Å². The van der Waals surface area contributed by atoms with Gasteiger partial charge in [-0.1, -0.05) is 39.0 Å². The average Bonchev–Trinajstić information content (AvgIpc) is 2.74. The fourth-order valence-electron chi connectivity index (χ4n) is 2.13. The van der Waals surface area contributed by atoms with Gasteiger partial charge in [-0.25, -0.2) is 0 Å². The number of hydrogen-bond acceptors (Lipinski definition) is 0. The lowest BCUT2D eigenvalue weighted by molar-refractivity contribution is 0.535. The molecule has 0 aliphatic rings. The van der Waals surface area contributed by atoms with E-state index in [1.165, 1.54) is 16.8 Å². The van der Waals surface area contributed by atoms with Crippen LogP contribution in [-0.2, 0) is 7.05 Å². The molecule has 0 fully saturated rings. The SMILES string of the molecule is CC(C)[C@@H](C)c1cccc(-c2cccn2C)c1. The van der Waals surface area contributed by atoms with Crippen molar-refractivity contribution in [1.82, 2.24) is 4.57 Å². The quantitative estimate of drug-likeness (QED) is 0.730. The number of aryl methyl sites for hydroxylation is 1. The van der Waals surface area contributed by atoms with Crippen LogP contribution in [-0.4, -0.2) is 4.57 Å². The summed E-state index contributed by atoms with van der Waals surface area (Å²) in [6, 6.07) is 13.2. The summed E-state index contributed by atoms with van der Waals surface area (Å²) in [5.74, 6) is 1.29. The predicted molar refractivity (Wildman–Crippen MR) is 74.1 cm³/mol. The Labute approximate surface area is 104 Å². The summed E-state index contributed by atoms with van der Waals surface area (Å²) in [6.07, 6.45) is 2.09. The maximum Gasteiger partial charge on any atom is 0.0477 e. The first-order valence-electron chi connectivity index (χ1n) is 6.31. The molecule has 0 amide bonds. The van der Waals surface area contributed by atoms with Gasteiger partial charge in [-0.3, -0.25) is 0 Å². The Hall–Kier alpha value is -1.50. The Balaban J connectivity index is 2.39. The highest BCUT2D eigenvalue weighted by atomic mass is 14.9. The van der Waals surface area contributed by atoms with Gasteiger partial charge in [0.25, 0.3) is 0 Å². The third-order valence-corrected chi connectivity index (χ3v) is 3.65. The number of aromatic nitrogens is 1. The van der Waals surface area contributed by atoms with E-state index in [4.69, 9.17) is 0 Å². The molecule has 90 valence electrons. The Morgan fingerprint density at radius 2 is 1.76 bits per heavy atom. The Morgan fingerprint density at radius 1 is 1.00 bits per heavy atom. The summed E-state index contributed by atoms with van der Waals surface area (Å²) in [4.78, 5) is 0. The Kier molecular flexibility index (Phi) is 3.37. The van der Waals surface area contributed by atoms with E-state index in [9.17, 15) is 0 Å². The smallest absolute Gasteiger partial charge is 0.0477 e. The fraction of sp³-hybridized carbons (Fsp3) is 0.375. The number of benzene rings is 1. The van der Waals surface area contributed by atoms with Gasteiger partial charge in [0.2, 0.25) is 0 Å². The second-order valence-corrected chi connectivity index (χ2v) is 5.16. The molecule has 0 radical (unpaired) electrons. The van der Waals surface area contributed by atoms with Gasteiger partial charge in [-0.2, -0.15) is 0 Å². The minimum absolute atomic E-state index is 0.607. The van der Waals surface area contributed by atoms with E-state index in [-0.39, 0.29) is 0 Å². The number of rotatable bonds is 3. The van der Waals surface area contributed by atoms with Crippen LogP contribution in [0.4, 0.5) is 0 Å². The van der Waals surface area contributed by atoms with Gasteiger partial charge in [0.15, 0.2) is 0 Å². The first-order chi connectivity index (χ1) is 8.09. The van der Waals surface area contributed by atoms with Gasteiger partial charge >= 0.3 is 0 Å². The summed E-state index contributed by atoms with van der Waals surface area (Å²) in [5, 5.41) is 0. The molecule has 17 heavy (non-hydrogen) atoms. The molecule has 0 spiro atoms. The van der Waals surface area contributed by atoms with E-state index in [1.54, 1.807) is 0 Å². The zero-order valence-electron chi connectivity index (χ0n) is 11.1. The largest absolute Gasteiger partial charge is 0.351 e. The van der Waals surface area contributed by atoms with Crippen molar-refractivity contribution in [2.45, 2.75) is 26.7 Å². The van der Waals surface area contributed by atoms with Gasteiger partial charge in [0.1, 0.15) is 0 Å². The lowest BCUT2D eigenvalue weighted by atomic mass is 9.89. The van der Waals surface area contributed by atoms with Crippen LogP contribution in [0.1, 0.15) is 32.3 Å². The molecule has 0 saturated heterocycles. The lowest BCUT2D eigenvalue weighted by Gasteiger charge is -2.17. The molecule has 1 heterocycles. The van der Waals surface area contributed by atoms with Crippen molar-refractivity contribution in [3.63, 3.8) is 0 Å². The van der Waals surface area contributed by atoms with Gasteiger partial charge in [-0.15, -0.1) is 0 Å². The van der Waals surface area contributed by atoms with Crippen LogP contribution >= 0.6 is 0 Å². The summed E-state index contributed by atoms with van der Waals surface area (Å²) >= 11 is 0. The molecule has 0 aliphatic heterocycles. The molecule has 1 aromatic heterocycles. The Bertz CT molecular complexity index is 494. The first kappa shape index (κ1) is 12.0. The van der Waals surface area contributed by atoms with Crippen molar-refractivity contribution in [2.75, 3.05) is 0 Å². The Morgan fingerprint density at radius 3 is 2.35 bits per heavy atom. The molecule has 1 heteroatoms. The molecule has 0 aliphatic carbocycles. The van der Waals surface area contributed by atoms with Crippen LogP contribution in [0.3, 0.4) is 0 Å². The average molecular weight is 227 g/mol. The maximum absolute atomic E-state index is 2.32. The summed E-state index contributed by atoms with van der Waals surface area (Å²) in [6.45, 7) is 6.86. The molecular formula is C16H21N. The van der Waals surface area contributed by atoms with Crippen LogP contribution in [0.15, 0.2) is 42.6 Å². The second-order valence-electron chi connectivity index (χ2n) is 5.16. The minimum Gasteiger partial charge on any atom is -0.351 e. The summed E-state index contributed by atoms with van der Waals surface area (Å²) < 4.78 is 2.17. The van der Waals surface area contributed by atoms with Crippen molar-refractivity contribution in [2.24, 2.45) is 13.0 Å². The molecule has 0 bridgehead atoms. The van der Waals surface area contributed by atoms with Crippen LogP contribution in [0, 0.1) is 5.92 Å². The molecule has 1 nitrogen and oxygen atoms in total. The van der Waals surface area contributed by atoms with E-state index in [0.717, 1.165) is 0 Å². The molecule has 0 N–H and O–H groups in total. The lowest BCUT2D eigenvalue weighted by Crippen LogP contribution is -2.02. The topological polar surface area (TPSA) is 4.93 Å². The van der Waals surface area contributed by atoms with Crippen molar-refractivity contribution in [3.8, 4) is 11.3 Å². The third kappa shape index (κ3) is 2.44. The van der Waals surface area contributed by atoms with Gasteiger partial charge in [0.05, 0.1) is 0 Å². The summed E-state index contributed by atoms with van der Waals surface area (Å²) in [7, 11) is 2.09. The fourth-order valence-corrected chi connectivity index (χ4v) is 2.13. The van der Waals surface area contributed by atoms with Crippen LogP contribution in [0.5, 0.6) is 0 Å². The van der Waals surface area contributed by atoms with Crippen LogP contribution in [0.2, 0.25) is 0 Å². The van der Waals surface area contributed by atoms with Gasteiger partial charge < -0.3 is 4.57 Å². The molecular weight excluding hydrogens is 206 g/mol. The van der Waals surface area contributed by atoms with E-state index in [0.29, 0.717) is 11.8 Å². The molecule has 1 aromatic carbocycles. The molecule has 1 atom stereocenters. The monoisotopic (exact) mass is 227 g/mol. The van der Waals surface area contributed by atoms with Crippen molar-refractivity contribution >= 4 is 0 Å². The first-order valence-corrected chi connectivity index (χ1v) is 6.31. The molecule has 0 unspecified atom stereocenters. The minimum atomic E-state index is 0.607. The number of nitrogens with zero attached hydrogens (tertiary/aromatic N) is 1. The summed E-state index contributed by atoms with van der Waals surface area (Å²) in [5.41, 5.74) is 4.02. The highest BCUT2D eigenvalue weighted by molar-refractivity contribution is 5.61. The molecule has 2 aromatic rings. The molecule has 0 saturated carbocycles. The van der Waals surface area contributed by atoms with Crippen molar-refractivity contribution < 1.29 is 0 Å². The maximum atomic E-state index is 2.32. The van der Waals surface area contributed by atoms with E-state index in [2.05, 4.69) is 75.0 Å². The van der Waals surface area contributed by atoms with Crippen LogP contribution < -0.4 is 0 Å².